The van der Waals surface area contributed by atoms with Crippen LogP contribution in [0.5, 0.6) is 0 Å². The third-order valence-electron chi connectivity index (χ3n) is 2.49. The standard InChI is InChI=1S/C9H13NOS/c1-6-5-9(12-10-6)7-3-2-4-8(7)11/h5,7-8,11H,2-4H2,1H3/t7-,8-/m1/s1. The summed E-state index contributed by atoms with van der Waals surface area (Å²) >= 11 is 1.54. The molecule has 12 heavy (non-hydrogen) atoms. The van der Waals surface area contributed by atoms with Crippen molar-refractivity contribution < 1.29 is 5.11 Å². The summed E-state index contributed by atoms with van der Waals surface area (Å²) in [5, 5.41) is 9.63. The van der Waals surface area contributed by atoms with Gasteiger partial charge in [-0.2, -0.15) is 4.37 Å². The van der Waals surface area contributed by atoms with E-state index in [9.17, 15) is 5.11 Å². The summed E-state index contributed by atoms with van der Waals surface area (Å²) in [6.07, 6.45) is 3.12. The van der Waals surface area contributed by atoms with Gasteiger partial charge in [0.25, 0.3) is 0 Å². The van der Waals surface area contributed by atoms with E-state index in [-0.39, 0.29) is 6.10 Å². The third-order valence-corrected chi connectivity index (χ3v) is 3.50. The molecule has 0 bridgehead atoms. The number of aryl methyl sites for hydroxylation is 1. The predicted molar refractivity (Wildman–Crippen MR) is 49.4 cm³/mol. The number of hydrogen-bond acceptors (Lipinski definition) is 3. The van der Waals surface area contributed by atoms with Crippen molar-refractivity contribution in [2.24, 2.45) is 0 Å². The number of nitrogens with zero attached hydrogens (tertiary/aromatic N) is 1. The van der Waals surface area contributed by atoms with Crippen molar-refractivity contribution in [2.45, 2.75) is 38.2 Å². The van der Waals surface area contributed by atoms with Crippen LogP contribution in [0.2, 0.25) is 0 Å². The Hall–Kier alpha value is -0.410. The van der Waals surface area contributed by atoms with Gasteiger partial charge in [0, 0.05) is 10.8 Å². The summed E-state index contributed by atoms with van der Waals surface area (Å²) in [4.78, 5) is 1.26. The van der Waals surface area contributed by atoms with E-state index in [0.29, 0.717) is 5.92 Å². The number of hydrogen-bond donors (Lipinski definition) is 1. The van der Waals surface area contributed by atoms with E-state index >= 15 is 0 Å². The Kier molecular flexibility index (Phi) is 2.15. The van der Waals surface area contributed by atoms with Gasteiger partial charge in [-0.1, -0.05) is 6.42 Å². The van der Waals surface area contributed by atoms with Gasteiger partial charge in [0.05, 0.1) is 11.8 Å². The second kappa shape index (κ2) is 3.15. The van der Waals surface area contributed by atoms with Crippen molar-refractivity contribution in [1.29, 1.82) is 0 Å². The lowest BCUT2D eigenvalue weighted by atomic mass is 10.0. The molecule has 1 aromatic heterocycles. The molecule has 1 aromatic rings. The molecule has 0 aromatic carbocycles. The van der Waals surface area contributed by atoms with Gasteiger partial charge in [-0.05, 0) is 37.4 Å². The van der Waals surface area contributed by atoms with Crippen LogP contribution in [0.4, 0.5) is 0 Å². The molecule has 0 spiro atoms. The first-order chi connectivity index (χ1) is 5.77. The van der Waals surface area contributed by atoms with Crippen molar-refractivity contribution in [3.63, 3.8) is 0 Å². The van der Waals surface area contributed by atoms with Crippen LogP contribution in [-0.2, 0) is 0 Å². The molecule has 2 rings (SSSR count). The Bertz CT molecular complexity index is 271. The molecule has 1 aliphatic rings. The van der Waals surface area contributed by atoms with Crippen molar-refractivity contribution in [3.8, 4) is 0 Å². The van der Waals surface area contributed by atoms with E-state index in [4.69, 9.17) is 0 Å². The molecule has 0 aliphatic heterocycles. The number of rotatable bonds is 1. The average molecular weight is 183 g/mol. The van der Waals surface area contributed by atoms with E-state index in [0.717, 1.165) is 25.0 Å². The maximum atomic E-state index is 9.63. The maximum Gasteiger partial charge on any atom is 0.0617 e. The highest BCUT2D eigenvalue weighted by Gasteiger charge is 2.27. The summed E-state index contributed by atoms with van der Waals surface area (Å²) in [5.74, 6) is 0.371. The Morgan fingerprint density at radius 2 is 2.42 bits per heavy atom. The minimum absolute atomic E-state index is 0.121. The minimum atomic E-state index is -0.121. The largest absolute Gasteiger partial charge is 0.392 e. The van der Waals surface area contributed by atoms with Crippen LogP contribution in [0, 0.1) is 6.92 Å². The van der Waals surface area contributed by atoms with E-state index in [1.807, 2.05) is 6.92 Å². The minimum Gasteiger partial charge on any atom is -0.392 e. The van der Waals surface area contributed by atoms with Crippen LogP contribution in [0.15, 0.2) is 6.07 Å². The predicted octanol–water partition coefficient (Wildman–Crippen LogP) is 2.08. The lowest BCUT2D eigenvalue weighted by Gasteiger charge is -2.10. The van der Waals surface area contributed by atoms with Crippen LogP contribution in [0.3, 0.4) is 0 Å². The van der Waals surface area contributed by atoms with Gasteiger partial charge >= 0.3 is 0 Å². The van der Waals surface area contributed by atoms with E-state index in [1.54, 1.807) is 11.5 Å². The summed E-state index contributed by atoms with van der Waals surface area (Å²) in [5.41, 5.74) is 1.08. The zero-order chi connectivity index (χ0) is 8.55. The monoisotopic (exact) mass is 183 g/mol. The number of aliphatic hydroxyl groups is 1. The molecule has 2 nitrogen and oxygen atoms in total. The molecular weight excluding hydrogens is 170 g/mol. The molecular formula is C9H13NOS. The van der Waals surface area contributed by atoms with Gasteiger partial charge in [-0.25, -0.2) is 0 Å². The van der Waals surface area contributed by atoms with Crippen molar-refractivity contribution in [2.75, 3.05) is 0 Å². The molecule has 2 atom stereocenters. The highest BCUT2D eigenvalue weighted by molar-refractivity contribution is 7.05. The van der Waals surface area contributed by atoms with Crippen LogP contribution in [0.25, 0.3) is 0 Å². The Morgan fingerprint density at radius 3 is 2.92 bits per heavy atom. The van der Waals surface area contributed by atoms with Gasteiger partial charge in [0.2, 0.25) is 0 Å². The van der Waals surface area contributed by atoms with Crippen LogP contribution < -0.4 is 0 Å². The van der Waals surface area contributed by atoms with E-state index in [2.05, 4.69) is 10.4 Å². The van der Waals surface area contributed by atoms with Gasteiger partial charge in [0.15, 0.2) is 0 Å². The molecule has 1 heterocycles. The highest BCUT2D eigenvalue weighted by atomic mass is 32.1. The van der Waals surface area contributed by atoms with Crippen LogP contribution >= 0.6 is 11.5 Å². The molecule has 0 unspecified atom stereocenters. The first kappa shape index (κ1) is 8.20. The molecule has 66 valence electrons. The molecule has 0 radical (unpaired) electrons. The molecule has 1 N–H and O–H groups in total. The van der Waals surface area contributed by atoms with Crippen molar-refractivity contribution >= 4 is 11.5 Å². The van der Waals surface area contributed by atoms with Gasteiger partial charge in [0.1, 0.15) is 0 Å². The average Bonchev–Trinajstić information content (AvgIpc) is 2.58. The van der Waals surface area contributed by atoms with Crippen molar-refractivity contribution in [1.82, 2.24) is 4.37 Å². The number of aromatic nitrogens is 1. The molecule has 0 saturated heterocycles. The molecule has 3 heteroatoms. The van der Waals surface area contributed by atoms with E-state index in [1.165, 1.54) is 4.88 Å². The second-order valence-corrected chi connectivity index (χ2v) is 4.31. The van der Waals surface area contributed by atoms with Crippen LogP contribution in [0.1, 0.15) is 35.8 Å². The Morgan fingerprint density at radius 1 is 1.58 bits per heavy atom. The second-order valence-electron chi connectivity index (χ2n) is 3.48. The SMILES string of the molecule is Cc1cc([C@@H]2CCC[C@H]2O)sn1. The summed E-state index contributed by atoms with van der Waals surface area (Å²) in [6.45, 7) is 2.00. The van der Waals surface area contributed by atoms with Crippen LogP contribution in [-0.4, -0.2) is 15.6 Å². The lowest BCUT2D eigenvalue weighted by molar-refractivity contribution is 0.165. The quantitative estimate of drug-likeness (QED) is 0.723. The summed E-state index contributed by atoms with van der Waals surface area (Å²) in [7, 11) is 0. The van der Waals surface area contributed by atoms with E-state index < -0.39 is 0 Å². The zero-order valence-electron chi connectivity index (χ0n) is 7.16. The zero-order valence-corrected chi connectivity index (χ0v) is 7.97. The number of aliphatic hydroxyl groups excluding tert-OH is 1. The third kappa shape index (κ3) is 1.39. The molecule has 0 amide bonds. The lowest BCUT2D eigenvalue weighted by Crippen LogP contribution is -2.09. The fourth-order valence-corrected chi connectivity index (χ4v) is 2.77. The van der Waals surface area contributed by atoms with Crippen molar-refractivity contribution in [3.05, 3.63) is 16.6 Å². The summed E-state index contributed by atoms with van der Waals surface area (Å²) < 4.78 is 4.23. The van der Waals surface area contributed by atoms with Gasteiger partial charge in [-0.3, -0.25) is 0 Å². The molecule has 1 aliphatic carbocycles. The highest BCUT2D eigenvalue weighted by Crippen LogP contribution is 2.36. The maximum absolute atomic E-state index is 9.63. The molecule has 1 saturated carbocycles. The smallest absolute Gasteiger partial charge is 0.0617 e. The Balaban J connectivity index is 2.19. The van der Waals surface area contributed by atoms with Gasteiger partial charge < -0.3 is 5.11 Å². The summed E-state index contributed by atoms with van der Waals surface area (Å²) in [6, 6.07) is 2.10. The fraction of sp³-hybridized carbons (Fsp3) is 0.667. The normalized spacial score (nSPS) is 29.5. The first-order valence-corrected chi connectivity index (χ1v) is 5.16. The topological polar surface area (TPSA) is 33.1 Å². The molecule has 1 fully saturated rings. The first-order valence-electron chi connectivity index (χ1n) is 4.38. The fourth-order valence-electron chi connectivity index (χ4n) is 1.83. The Labute approximate surface area is 76.4 Å². The van der Waals surface area contributed by atoms with Gasteiger partial charge in [-0.15, -0.1) is 0 Å².